The van der Waals surface area contributed by atoms with E-state index in [2.05, 4.69) is 191 Å². The van der Waals surface area contributed by atoms with Crippen LogP contribution in [-0.4, -0.2) is 40.7 Å². The van der Waals surface area contributed by atoms with Crippen LogP contribution >= 0.6 is 199 Å². The van der Waals surface area contributed by atoms with Crippen LogP contribution in [0.15, 0.2) is 0 Å². The standard InChI is InChI=1S/C9H9Br12O4P/c10-4(11)7(16,17)1-23-26(22,24-2-8(18,19)5(12)13)25-3-9(20,21)6(14)15/h4-6H,1-3H2. The van der Waals surface area contributed by atoms with Crippen LogP contribution in [0.2, 0.25) is 0 Å². The number of phosphoric ester groups is 1. The first kappa shape index (κ1) is 31.9. The number of rotatable bonds is 12. The molecular formula is C9H9Br12O4P. The zero-order valence-electron chi connectivity index (χ0n) is 12.0. The summed E-state index contributed by atoms with van der Waals surface area (Å²) in [6, 6.07) is 0. The van der Waals surface area contributed by atoms with Crippen LogP contribution in [-0.2, 0) is 18.1 Å². The van der Waals surface area contributed by atoms with Crippen molar-refractivity contribution in [3.63, 3.8) is 0 Å². The van der Waals surface area contributed by atoms with Gasteiger partial charge in [0, 0.05) is 0 Å². The predicted molar refractivity (Wildman–Crippen MR) is 152 cm³/mol. The van der Waals surface area contributed by atoms with Crippen molar-refractivity contribution in [1.82, 2.24) is 0 Å². The van der Waals surface area contributed by atoms with Gasteiger partial charge in [-0.15, -0.1) is 0 Å². The van der Waals surface area contributed by atoms with Crippen molar-refractivity contribution in [3.8, 4) is 0 Å². The Morgan fingerprint density at radius 2 is 0.769 bits per heavy atom. The van der Waals surface area contributed by atoms with Gasteiger partial charge in [0.15, 0.2) is 0 Å². The van der Waals surface area contributed by atoms with Crippen LogP contribution in [0.25, 0.3) is 0 Å². The molecule has 0 heterocycles. The highest BCUT2D eigenvalue weighted by Gasteiger charge is 2.42. The van der Waals surface area contributed by atoms with E-state index in [9.17, 15) is 4.57 Å². The summed E-state index contributed by atoms with van der Waals surface area (Å²) in [7, 11) is -3.93. The van der Waals surface area contributed by atoms with E-state index in [0.717, 1.165) is 0 Å². The topological polar surface area (TPSA) is 44.8 Å². The molecule has 0 fully saturated rings. The molecule has 17 heteroatoms. The molecule has 0 atom stereocenters. The van der Waals surface area contributed by atoms with Gasteiger partial charge in [-0.25, -0.2) is 4.57 Å². The van der Waals surface area contributed by atoms with Crippen molar-refractivity contribution >= 4 is 199 Å². The molecule has 0 aliphatic heterocycles. The van der Waals surface area contributed by atoms with Gasteiger partial charge in [-0.3, -0.25) is 13.6 Å². The Labute approximate surface area is 253 Å². The summed E-state index contributed by atoms with van der Waals surface area (Å²) in [6.45, 7) is -0.0872. The van der Waals surface area contributed by atoms with Gasteiger partial charge in [-0.05, 0) is 0 Å². The minimum absolute atomic E-state index is 0.0291. The Hall–Kier alpha value is 5.87. The molecule has 0 bridgehead atoms. The van der Waals surface area contributed by atoms with E-state index >= 15 is 0 Å². The number of halogens is 12. The molecule has 0 aromatic rings. The number of alkyl halides is 12. The molecule has 0 aliphatic carbocycles. The molecule has 0 saturated carbocycles. The fourth-order valence-corrected chi connectivity index (χ4v) is 4.65. The molecule has 0 aromatic carbocycles. The number of phosphoric acid groups is 1. The van der Waals surface area contributed by atoms with Crippen LogP contribution in [0.5, 0.6) is 0 Å². The summed E-state index contributed by atoms with van der Waals surface area (Å²) in [5.74, 6) is 0. The highest BCUT2D eigenvalue weighted by atomic mass is 79.9. The van der Waals surface area contributed by atoms with Crippen LogP contribution < -0.4 is 0 Å². The second-order valence-electron chi connectivity index (χ2n) is 4.45. The van der Waals surface area contributed by atoms with Crippen molar-refractivity contribution in [2.24, 2.45) is 0 Å². The van der Waals surface area contributed by atoms with E-state index in [1.807, 2.05) is 0 Å². The van der Waals surface area contributed by atoms with Gasteiger partial charge in [0.1, 0.15) is 9.70 Å². The fourth-order valence-electron chi connectivity index (χ4n) is 0.796. The van der Waals surface area contributed by atoms with E-state index in [0.29, 0.717) is 0 Å². The lowest BCUT2D eigenvalue weighted by atomic mass is 10.5. The van der Waals surface area contributed by atoms with E-state index in [1.54, 1.807) is 0 Å². The van der Waals surface area contributed by atoms with E-state index in [4.69, 9.17) is 13.6 Å². The molecule has 0 unspecified atom stereocenters. The fraction of sp³-hybridized carbons (Fsp3) is 1.00. The Bertz CT molecular complexity index is 419. The lowest BCUT2D eigenvalue weighted by Gasteiger charge is -2.29. The highest BCUT2D eigenvalue weighted by molar-refractivity contribution is 9.31. The monoisotopic (exact) mass is 1160 g/mol. The normalized spacial score (nSPS) is 14.7. The number of hydrogen-bond donors (Lipinski definition) is 0. The molecule has 26 heavy (non-hydrogen) atoms. The first-order valence-corrected chi connectivity index (χ1v) is 17.7. The van der Waals surface area contributed by atoms with Gasteiger partial charge in [-0.1, -0.05) is 191 Å². The Kier molecular flexibility index (Phi) is 16.8. The summed E-state index contributed by atoms with van der Waals surface area (Å²) in [4.78, 5) is 0. The molecule has 0 aromatic heterocycles. The van der Waals surface area contributed by atoms with Crippen molar-refractivity contribution in [3.05, 3.63) is 0 Å². The Morgan fingerprint density at radius 3 is 0.923 bits per heavy atom. The Morgan fingerprint density at radius 1 is 0.577 bits per heavy atom. The third kappa shape index (κ3) is 12.4. The molecule has 0 radical (unpaired) electrons. The lowest BCUT2D eigenvalue weighted by Crippen LogP contribution is -2.30. The first-order chi connectivity index (χ1) is 11.5. The third-order valence-electron chi connectivity index (χ3n) is 2.20. The van der Waals surface area contributed by atoms with E-state index in [-0.39, 0.29) is 31.0 Å². The average Bonchev–Trinajstić information content (AvgIpc) is 2.49. The molecular weight excluding hydrogens is 1160 g/mol. The summed E-state index contributed by atoms with van der Waals surface area (Å²) < 4.78 is 26.9. The Balaban J connectivity index is 5.23. The van der Waals surface area contributed by atoms with Crippen LogP contribution in [0, 0.1) is 0 Å². The average molecular weight is 1170 g/mol. The van der Waals surface area contributed by atoms with Crippen molar-refractivity contribution in [2.75, 3.05) is 19.8 Å². The van der Waals surface area contributed by atoms with Gasteiger partial charge in [0.25, 0.3) is 0 Å². The first-order valence-electron chi connectivity index (χ1n) is 5.97. The van der Waals surface area contributed by atoms with E-state index < -0.39 is 17.5 Å². The molecule has 0 N–H and O–H groups in total. The largest absolute Gasteiger partial charge is 0.475 e. The molecule has 0 rings (SSSR count). The van der Waals surface area contributed by atoms with Gasteiger partial charge in [0.2, 0.25) is 0 Å². The third-order valence-corrected chi connectivity index (χ3v) is 19.7. The zero-order valence-corrected chi connectivity index (χ0v) is 31.9. The minimum atomic E-state index is -3.93. The highest BCUT2D eigenvalue weighted by Crippen LogP contribution is 2.56. The summed E-state index contributed by atoms with van der Waals surface area (Å²) >= 11 is 40.7. The van der Waals surface area contributed by atoms with Crippen LogP contribution in [0.3, 0.4) is 0 Å². The summed E-state index contributed by atoms with van der Waals surface area (Å²) in [6.07, 6.45) is 0. The maximum atomic E-state index is 13.1. The van der Waals surface area contributed by atoms with Gasteiger partial charge >= 0.3 is 7.82 Å². The second-order valence-corrected chi connectivity index (χ2v) is 27.0. The quantitative estimate of drug-likeness (QED) is 0.144. The van der Waals surface area contributed by atoms with Crippen molar-refractivity contribution < 1.29 is 18.1 Å². The second kappa shape index (κ2) is 13.7. The SMILES string of the molecule is O=P(OCC(Br)(Br)C(Br)Br)(OCC(Br)(Br)C(Br)Br)OCC(Br)(Br)C(Br)Br. The minimum Gasteiger partial charge on any atom is -0.284 e. The van der Waals surface area contributed by atoms with Gasteiger partial charge in [0.05, 0.1) is 31.0 Å². The number of hydrogen-bond acceptors (Lipinski definition) is 4. The molecule has 0 spiro atoms. The molecule has 4 nitrogen and oxygen atoms in total. The summed E-state index contributed by atoms with van der Waals surface area (Å²) in [5, 5.41) is 0. The molecule has 0 saturated heterocycles. The van der Waals surface area contributed by atoms with Crippen molar-refractivity contribution in [2.45, 2.75) is 20.9 Å². The molecule has 0 amide bonds. The maximum absolute atomic E-state index is 13.1. The molecule has 0 aliphatic rings. The van der Waals surface area contributed by atoms with Gasteiger partial charge in [-0.2, -0.15) is 0 Å². The predicted octanol–water partition coefficient (Wildman–Crippen LogP) is 9.95. The maximum Gasteiger partial charge on any atom is 0.475 e. The smallest absolute Gasteiger partial charge is 0.284 e. The summed E-state index contributed by atoms with van der Waals surface area (Å²) in [5.41, 5.74) is 0. The van der Waals surface area contributed by atoms with Crippen LogP contribution in [0.4, 0.5) is 0 Å². The molecule has 158 valence electrons. The van der Waals surface area contributed by atoms with E-state index in [1.165, 1.54) is 0 Å². The van der Waals surface area contributed by atoms with Crippen molar-refractivity contribution in [1.29, 1.82) is 0 Å². The van der Waals surface area contributed by atoms with Gasteiger partial charge < -0.3 is 0 Å². The van der Waals surface area contributed by atoms with Crippen LogP contribution in [0.1, 0.15) is 0 Å². The lowest BCUT2D eigenvalue weighted by molar-refractivity contribution is 0.113. The zero-order chi connectivity index (χ0) is 21.0.